The molecule has 2 aromatic carbocycles. The van der Waals surface area contributed by atoms with Gasteiger partial charge in [-0.15, -0.1) is 0 Å². The number of amides is 1. The molecule has 3 rings (SSSR count). The minimum Gasteiger partial charge on any atom is -0.457 e. The summed E-state index contributed by atoms with van der Waals surface area (Å²) in [7, 11) is 0. The summed E-state index contributed by atoms with van der Waals surface area (Å²) in [5.74, 6) is 0.173. The normalized spacial score (nSPS) is 11.0. The van der Waals surface area contributed by atoms with Crippen molar-refractivity contribution in [2.24, 2.45) is 0 Å². The third kappa shape index (κ3) is 4.90. The molecular formula is C20H11BrClN3O4. The number of nitro benzene ring substituents is 1. The topological polar surface area (TPSA) is 109 Å². The highest BCUT2D eigenvalue weighted by atomic mass is 79.9. The number of rotatable bonds is 5. The number of carbonyl (C=O) groups is 1. The Hall–Kier alpha value is -3.41. The predicted molar refractivity (Wildman–Crippen MR) is 112 cm³/mol. The van der Waals surface area contributed by atoms with E-state index in [1.807, 2.05) is 12.1 Å². The van der Waals surface area contributed by atoms with Crippen LogP contribution in [0.2, 0.25) is 5.02 Å². The molecule has 0 unspecified atom stereocenters. The molecule has 1 heterocycles. The number of nitrogens with zero attached hydrogens (tertiary/aromatic N) is 2. The molecular weight excluding hydrogens is 462 g/mol. The molecule has 144 valence electrons. The number of halogens is 2. The van der Waals surface area contributed by atoms with E-state index >= 15 is 0 Å². The van der Waals surface area contributed by atoms with E-state index < -0.39 is 10.8 Å². The number of hydrogen-bond donors (Lipinski definition) is 1. The third-order valence-electron chi connectivity index (χ3n) is 3.80. The summed E-state index contributed by atoms with van der Waals surface area (Å²) in [6.45, 7) is 0. The van der Waals surface area contributed by atoms with Gasteiger partial charge in [-0.3, -0.25) is 14.9 Å². The molecule has 0 saturated carbocycles. The number of anilines is 1. The zero-order chi connectivity index (χ0) is 21.0. The van der Waals surface area contributed by atoms with Gasteiger partial charge in [-0.25, -0.2) is 0 Å². The summed E-state index contributed by atoms with van der Waals surface area (Å²) >= 11 is 9.14. The van der Waals surface area contributed by atoms with Gasteiger partial charge in [-0.2, -0.15) is 5.26 Å². The van der Waals surface area contributed by atoms with Crippen molar-refractivity contribution < 1.29 is 14.1 Å². The third-order valence-corrected chi connectivity index (χ3v) is 4.69. The molecule has 0 radical (unpaired) electrons. The van der Waals surface area contributed by atoms with Crippen LogP contribution >= 0.6 is 27.5 Å². The first kappa shape index (κ1) is 20.3. The second kappa shape index (κ2) is 8.73. The van der Waals surface area contributed by atoms with Crippen molar-refractivity contribution in [3.05, 3.63) is 85.5 Å². The number of furan rings is 1. The molecule has 0 aliphatic heterocycles. The van der Waals surface area contributed by atoms with Crippen molar-refractivity contribution in [1.29, 1.82) is 5.26 Å². The molecule has 7 nitrogen and oxygen atoms in total. The van der Waals surface area contributed by atoms with Crippen LogP contribution in [0.1, 0.15) is 5.76 Å². The number of carbonyl (C=O) groups excluding carboxylic acids is 1. The van der Waals surface area contributed by atoms with Gasteiger partial charge in [0, 0.05) is 33.3 Å². The molecule has 0 bridgehead atoms. The Morgan fingerprint density at radius 3 is 2.69 bits per heavy atom. The Balaban J connectivity index is 1.81. The molecule has 3 aromatic rings. The van der Waals surface area contributed by atoms with E-state index in [0.29, 0.717) is 26.7 Å². The second-order valence-electron chi connectivity index (χ2n) is 5.76. The molecule has 0 aliphatic carbocycles. The summed E-state index contributed by atoms with van der Waals surface area (Å²) in [6.07, 6.45) is 1.31. The van der Waals surface area contributed by atoms with Gasteiger partial charge in [0.1, 0.15) is 23.2 Å². The highest BCUT2D eigenvalue weighted by Crippen LogP contribution is 2.28. The predicted octanol–water partition coefficient (Wildman–Crippen LogP) is 5.82. The molecule has 0 fully saturated rings. The lowest BCUT2D eigenvalue weighted by Crippen LogP contribution is -2.13. The maximum absolute atomic E-state index is 12.4. The number of nitro groups is 1. The first-order chi connectivity index (χ1) is 13.9. The van der Waals surface area contributed by atoms with E-state index in [1.54, 1.807) is 30.3 Å². The van der Waals surface area contributed by atoms with Crippen molar-refractivity contribution in [3.63, 3.8) is 0 Å². The number of nitrogens with one attached hydrogen (secondary N) is 1. The van der Waals surface area contributed by atoms with E-state index in [1.165, 1.54) is 24.3 Å². The summed E-state index contributed by atoms with van der Waals surface area (Å²) in [4.78, 5) is 22.7. The van der Waals surface area contributed by atoms with Crippen LogP contribution in [-0.4, -0.2) is 10.8 Å². The zero-order valence-corrected chi connectivity index (χ0v) is 16.9. The highest BCUT2D eigenvalue weighted by Gasteiger charge is 2.15. The SMILES string of the molecule is N#CC(=Cc1ccc(-c2cccc(Cl)c2)o1)C(=O)Nc1ccc([N+](=O)[O-])cc1Br. The van der Waals surface area contributed by atoms with E-state index in [9.17, 15) is 20.2 Å². The number of hydrogen-bond acceptors (Lipinski definition) is 5. The summed E-state index contributed by atoms with van der Waals surface area (Å²) in [5.41, 5.74) is 0.730. The average molecular weight is 473 g/mol. The lowest BCUT2D eigenvalue weighted by molar-refractivity contribution is -0.384. The Labute approximate surface area is 178 Å². The minimum absolute atomic E-state index is 0.130. The fourth-order valence-corrected chi connectivity index (χ4v) is 3.08. The largest absolute Gasteiger partial charge is 0.457 e. The van der Waals surface area contributed by atoms with Gasteiger partial charge in [-0.05, 0) is 46.3 Å². The second-order valence-corrected chi connectivity index (χ2v) is 7.05. The van der Waals surface area contributed by atoms with Gasteiger partial charge in [0.25, 0.3) is 11.6 Å². The van der Waals surface area contributed by atoms with Gasteiger partial charge in [0.05, 0.1) is 10.6 Å². The summed E-state index contributed by atoms with van der Waals surface area (Å²) < 4.78 is 5.99. The lowest BCUT2D eigenvalue weighted by atomic mass is 10.2. The number of nitriles is 1. The lowest BCUT2D eigenvalue weighted by Gasteiger charge is -2.06. The quantitative estimate of drug-likeness (QED) is 0.218. The standard InChI is InChI=1S/C20H11BrClN3O4/c21-17-10-15(25(27)28)4-6-18(17)24-20(26)13(11-23)9-16-5-7-19(29-16)12-2-1-3-14(22)8-12/h1-10H,(H,24,26). The molecule has 0 aliphatic rings. The van der Waals surface area contributed by atoms with Crippen LogP contribution in [0.15, 0.2) is 69.1 Å². The Bertz CT molecular complexity index is 1180. The summed E-state index contributed by atoms with van der Waals surface area (Å²) in [6, 6.07) is 16.1. The zero-order valence-electron chi connectivity index (χ0n) is 14.6. The van der Waals surface area contributed by atoms with Gasteiger partial charge < -0.3 is 9.73 Å². The Morgan fingerprint density at radius 2 is 2.03 bits per heavy atom. The van der Waals surface area contributed by atoms with Gasteiger partial charge in [0.15, 0.2) is 0 Å². The van der Waals surface area contributed by atoms with Gasteiger partial charge in [-0.1, -0.05) is 23.7 Å². The van der Waals surface area contributed by atoms with Gasteiger partial charge >= 0.3 is 0 Å². The molecule has 0 atom stereocenters. The van der Waals surface area contributed by atoms with Crippen molar-refractivity contribution in [1.82, 2.24) is 0 Å². The highest BCUT2D eigenvalue weighted by molar-refractivity contribution is 9.10. The minimum atomic E-state index is -0.678. The fraction of sp³-hybridized carbons (Fsp3) is 0. The van der Waals surface area contributed by atoms with Crippen molar-refractivity contribution >= 4 is 50.9 Å². The van der Waals surface area contributed by atoms with Crippen LogP contribution in [0.5, 0.6) is 0 Å². The van der Waals surface area contributed by atoms with Crippen LogP contribution in [0, 0.1) is 21.4 Å². The maximum Gasteiger partial charge on any atom is 0.270 e. The van der Waals surface area contributed by atoms with Crippen molar-refractivity contribution in [2.45, 2.75) is 0 Å². The molecule has 1 amide bonds. The van der Waals surface area contributed by atoms with Crippen LogP contribution in [0.25, 0.3) is 17.4 Å². The molecule has 0 spiro atoms. The van der Waals surface area contributed by atoms with E-state index in [0.717, 1.165) is 5.56 Å². The first-order valence-corrected chi connectivity index (χ1v) is 9.27. The van der Waals surface area contributed by atoms with E-state index in [4.69, 9.17) is 16.0 Å². The molecule has 9 heteroatoms. The molecule has 29 heavy (non-hydrogen) atoms. The fourth-order valence-electron chi connectivity index (χ4n) is 2.43. The Morgan fingerprint density at radius 1 is 1.24 bits per heavy atom. The smallest absolute Gasteiger partial charge is 0.270 e. The van der Waals surface area contributed by atoms with Crippen LogP contribution in [0.4, 0.5) is 11.4 Å². The molecule has 1 aromatic heterocycles. The van der Waals surface area contributed by atoms with Crippen LogP contribution < -0.4 is 5.32 Å². The van der Waals surface area contributed by atoms with Gasteiger partial charge in [0.2, 0.25) is 0 Å². The van der Waals surface area contributed by atoms with Crippen molar-refractivity contribution in [2.75, 3.05) is 5.32 Å². The molecule has 0 saturated heterocycles. The monoisotopic (exact) mass is 471 g/mol. The van der Waals surface area contributed by atoms with E-state index in [-0.39, 0.29) is 11.3 Å². The molecule has 1 N–H and O–H groups in total. The first-order valence-electron chi connectivity index (χ1n) is 8.10. The van der Waals surface area contributed by atoms with Crippen LogP contribution in [-0.2, 0) is 4.79 Å². The van der Waals surface area contributed by atoms with E-state index in [2.05, 4.69) is 21.2 Å². The summed E-state index contributed by atoms with van der Waals surface area (Å²) in [5, 5.41) is 23.2. The average Bonchev–Trinajstić information content (AvgIpc) is 3.16. The number of benzene rings is 2. The Kier molecular flexibility index (Phi) is 6.12. The van der Waals surface area contributed by atoms with Crippen molar-refractivity contribution in [3.8, 4) is 17.4 Å². The number of non-ortho nitro benzene ring substituents is 1. The maximum atomic E-state index is 12.4. The van der Waals surface area contributed by atoms with Crippen LogP contribution in [0.3, 0.4) is 0 Å².